The number of benzene rings is 8. The van der Waals surface area contributed by atoms with E-state index in [1.165, 1.54) is 56.9 Å². The second kappa shape index (κ2) is 11.9. The SMILES string of the molecule is c1ccc(-c2nc(-c3ccccc3)nc(-c3cc4sc5cc(-c6cc7c8ccccc8oc7c7c6sc6ccccc67)ccc5c4c4ccccc34)n2)cc1. The maximum absolute atomic E-state index is 6.58. The van der Waals surface area contributed by atoms with E-state index in [0.717, 1.165) is 44.0 Å². The molecule has 55 heavy (non-hydrogen) atoms. The highest BCUT2D eigenvalue weighted by Crippen LogP contribution is 2.48. The quantitative estimate of drug-likeness (QED) is 0.180. The number of aromatic nitrogens is 3. The van der Waals surface area contributed by atoms with Crippen molar-refractivity contribution in [2.24, 2.45) is 0 Å². The Hall–Kier alpha value is -6.73. The van der Waals surface area contributed by atoms with Gasteiger partial charge in [-0.25, -0.2) is 15.0 Å². The summed E-state index contributed by atoms with van der Waals surface area (Å²) in [4.78, 5) is 15.2. The highest BCUT2D eigenvalue weighted by atomic mass is 32.1. The Morgan fingerprint density at radius 3 is 1.75 bits per heavy atom. The van der Waals surface area contributed by atoms with Gasteiger partial charge in [0.1, 0.15) is 11.2 Å². The van der Waals surface area contributed by atoms with E-state index in [-0.39, 0.29) is 0 Å². The minimum Gasteiger partial charge on any atom is -0.455 e. The summed E-state index contributed by atoms with van der Waals surface area (Å²) >= 11 is 3.67. The highest BCUT2D eigenvalue weighted by molar-refractivity contribution is 7.27. The van der Waals surface area contributed by atoms with Crippen LogP contribution in [-0.4, -0.2) is 15.0 Å². The summed E-state index contributed by atoms with van der Waals surface area (Å²) in [5.74, 6) is 1.98. The van der Waals surface area contributed by atoms with E-state index in [9.17, 15) is 0 Å². The fourth-order valence-electron chi connectivity index (χ4n) is 8.20. The first-order chi connectivity index (χ1) is 27.2. The fourth-order valence-corrected chi connectivity index (χ4v) is 10.6. The molecule has 0 aliphatic rings. The number of hydrogen-bond donors (Lipinski definition) is 0. The summed E-state index contributed by atoms with van der Waals surface area (Å²) in [6, 6.07) is 57.7. The van der Waals surface area contributed by atoms with Crippen LogP contribution in [0.1, 0.15) is 0 Å². The minimum absolute atomic E-state index is 0.657. The number of thiophene rings is 2. The van der Waals surface area contributed by atoms with Crippen molar-refractivity contribution < 1.29 is 4.42 Å². The zero-order valence-corrected chi connectivity index (χ0v) is 30.8. The lowest BCUT2D eigenvalue weighted by Crippen LogP contribution is -2.00. The first kappa shape index (κ1) is 30.7. The average molecular weight is 738 g/mol. The summed E-state index contributed by atoms with van der Waals surface area (Å²) in [5, 5.41) is 9.53. The molecule has 0 amide bonds. The van der Waals surface area contributed by atoms with E-state index in [1.807, 2.05) is 65.1 Å². The number of rotatable bonds is 4. The van der Waals surface area contributed by atoms with Crippen LogP contribution in [0.5, 0.6) is 0 Å². The van der Waals surface area contributed by atoms with Gasteiger partial charge in [0.25, 0.3) is 0 Å². The van der Waals surface area contributed by atoms with Crippen LogP contribution in [0.2, 0.25) is 0 Å². The van der Waals surface area contributed by atoms with E-state index in [2.05, 4.69) is 121 Å². The van der Waals surface area contributed by atoms with E-state index < -0.39 is 0 Å². The normalized spacial score (nSPS) is 12.0. The van der Waals surface area contributed by atoms with Gasteiger partial charge in [0.2, 0.25) is 0 Å². The molecule has 0 atom stereocenters. The van der Waals surface area contributed by atoms with Gasteiger partial charge in [-0.2, -0.15) is 0 Å². The maximum atomic E-state index is 6.58. The molecule has 0 N–H and O–H groups in total. The van der Waals surface area contributed by atoms with Crippen molar-refractivity contribution in [1.29, 1.82) is 0 Å². The Balaban J connectivity index is 1.10. The molecule has 4 aromatic heterocycles. The van der Waals surface area contributed by atoms with Crippen LogP contribution in [0, 0.1) is 0 Å². The van der Waals surface area contributed by atoms with Crippen LogP contribution in [0.15, 0.2) is 168 Å². The lowest BCUT2D eigenvalue weighted by atomic mass is 9.96. The molecule has 0 radical (unpaired) electrons. The van der Waals surface area contributed by atoms with Crippen LogP contribution >= 0.6 is 22.7 Å². The monoisotopic (exact) mass is 737 g/mol. The molecule has 0 saturated heterocycles. The number of para-hydroxylation sites is 1. The zero-order chi connectivity index (χ0) is 36.0. The largest absolute Gasteiger partial charge is 0.455 e. The van der Waals surface area contributed by atoms with Gasteiger partial charge in [0, 0.05) is 73.4 Å². The second-order valence-corrected chi connectivity index (χ2v) is 16.0. The van der Waals surface area contributed by atoms with Gasteiger partial charge >= 0.3 is 0 Å². The molecular formula is C49H27N3OS2. The van der Waals surface area contributed by atoms with Crippen LogP contribution in [0.25, 0.3) is 118 Å². The summed E-state index contributed by atoms with van der Waals surface area (Å²) in [7, 11) is 0. The summed E-state index contributed by atoms with van der Waals surface area (Å²) in [6.45, 7) is 0. The number of furan rings is 1. The van der Waals surface area contributed by atoms with Crippen molar-refractivity contribution >= 4 is 95.7 Å². The predicted molar refractivity (Wildman–Crippen MR) is 232 cm³/mol. The molecule has 4 heterocycles. The van der Waals surface area contributed by atoms with E-state index in [4.69, 9.17) is 19.4 Å². The third-order valence-electron chi connectivity index (χ3n) is 10.7. The molecule has 0 aliphatic heterocycles. The second-order valence-electron chi connectivity index (χ2n) is 13.9. The third-order valence-corrected chi connectivity index (χ3v) is 13.0. The lowest BCUT2D eigenvalue weighted by Gasteiger charge is -2.11. The van der Waals surface area contributed by atoms with Crippen molar-refractivity contribution in [1.82, 2.24) is 15.0 Å². The van der Waals surface area contributed by atoms with Crippen LogP contribution in [0.4, 0.5) is 0 Å². The van der Waals surface area contributed by atoms with Crippen molar-refractivity contribution in [3.8, 4) is 45.3 Å². The van der Waals surface area contributed by atoms with Gasteiger partial charge in [0.05, 0.1) is 0 Å². The molecule has 12 aromatic rings. The molecule has 6 heteroatoms. The lowest BCUT2D eigenvalue weighted by molar-refractivity contribution is 0.673. The molecule has 256 valence electrons. The summed E-state index contributed by atoms with van der Waals surface area (Å²) in [6.07, 6.45) is 0. The van der Waals surface area contributed by atoms with Gasteiger partial charge in [-0.3, -0.25) is 0 Å². The maximum Gasteiger partial charge on any atom is 0.164 e. The Morgan fingerprint density at radius 2 is 0.982 bits per heavy atom. The summed E-state index contributed by atoms with van der Waals surface area (Å²) < 4.78 is 11.5. The highest BCUT2D eigenvalue weighted by Gasteiger charge is 2.21. The van der Waals surface area contributed by atoms with E-state index in [1.54, 1.807) is 0 Å². The topological polar surface area (TPSA) is 51.8 Å². The zero-order valence-electron chi connectivity index (χ0n) is 29.2. The smallest absolute Gasteiger partial charge is 0.164 e. The van der Waals surface area contributed by atoms with Gasteiger partial charge in [-0.1, -0.05) is 133 Å². The molecule has 12 rings (SSSR count). The van der Waals surface area contributed by atoms with Crippen LogP contribution in [-0.2, 0) is 0 Å². The van der Waals surface area contributed by atoms with Crippen LogP contribution in [0.3, 0.4) is 0 Å². The third kappa shape index (κ3) is 4.72. The Bertz CT molecular complexity index is 3430. The Kier molecular flexibility index (Phi) is 6.64. The average Bonchev–Trinajstić information content (AvgIpc) is 3.94. The van der Waals surface area contributed by atoms with Crippen molar-refractivity contribution in [2.75, 3.05) is 0 Å². The number of nitrogens with zero attached hydrogens (tertiary/aromatic N) is 3. The molecule has 4 nitrogen and oxygen atoms in total. The summed E-state index contributed by atoms with van der Waals surface area (Å²) in [5.41, 5.74) is 7.21. The van der Waals surface area contributed by atoms with Crippen molar-refractivity contribution in [3.05, 3.63) is 164 Å². The van der Waals surface area contributed by atoms with Crippen molar-refractivity contribution in [2.45, 2.75) is 0 Å². The Morgan fingerprint density at radius 1 is 0.364 bits per heavy atom. The number of hydrogen-bond acceptors (Lipinski definition) is 6. The molecule has 0 spiro atoms. The Labute approximate surface area is 322 Å². The molecule has 8 aromatic carbocycles. The van der Waals surface area contributed by atoms with Crippen molar-refractivity contribution in [3.63, 3.8) is 0 Å². The molecule has 0 bridgehead atoms. The van der Waals surface area contributed by atoms with Crippen LogP contribution < -0.4 is 0 Å². The molecular weight excluding hydrogens is 711 g/mol. The first-order valence-electron chi connectivity index (χ1n) is 18.3. The van der Waals surface area contributed by atoms with E-state index in [0.29, 0.717) is 17.5 Å². The number of fused-ring (bicyclic) bond motifs is 12. The molecule has 0 unspecified atom stereocenters. The van der Waals surface area contributed by atoms with Gasteiger partial charge in [-0.15, -0.1) is 22.7 Å². The van der Waals surface area contributed by atoms with Gasteiger partial charge in [0.15, 0.2) is 17.5 Å². The van der Waals surface area contributed by atoms with E-state index >= 15 is 0 Å². The first-order valence-corrected chi connectivity index (χ1v) is 19.9. The fraction of sp³-hybridized carbons (Fsp3) is 0. The predicted octanol–water partition coefficient (Wildman–Crippen LogP) is 14.3. The molecule has 0 fully saturated rings. The molecule has 0 aliphatic carbocycles. The van der Waals surface area contributed by atoms with Gasteiger partial charge < -0.3 is 4.42 Å². The minimum atomic E-state index is 0.657. The van der Waals surface area contributed by atoms with Gasteiger partial charge in [-0.05, 0) is 46.7 Å². The standard InChI is InChI=1S/C49H27N3OS2/c1-3-13-28(14-4-1)47-50-48(29-15-5-2-6-16-29)52-49(51-47)38-27-42-43(33-19-8-7-17-31(33)38)35-24-23-30(25-41(35)54-42)36-26-37-32-18-9-11-21-39(32)53-45(37)44-34-20-10-12-22-40(34)55-46(36)44/h1-27H. The molecule has 0 saturated carbocycles.